The van der Waals surface area contributed by atoms with E-state index in [1.807, 2.05) is 12.2 Å². The van der Waals surface area contributed by atoms with Crippen LogP contribution in [0, 0.1) is 0 Å². The lowest BCUT2D eigenvalue weighted by molar-refractivity contribution is -0.116. The van der Waals surface area contributed by atoms with E-state index in [4.69, 9.17) is 17.3 Å². The third kappa shape index (κ3) is 5.79. The fraction of sp³-hybridized carbons (Fsp3) is 0.154. The molecule has 2 aromatic heterocycles. The van der Waals surface area contributed by atoms with E-state index in [2.05, 4.69) is 36.1 Å². The van der Waals surface area contributed by atoms with Gasteiger partial charge in [0.25, 0.3) is 0 Å². The van der Waals surface area contributed by atoms with Crippen molar-refractivity contribution in [2.24, 2.45) is 0 Å². The molecule has 0 aliphatic carbocycles. The maximum absolute atomic E-state index is 13.1. The molecular formula is C26H24ClN9O2. The van der Waals surface area contributed by atoms with Crippen molar-refractivity contribution in [3.05, 3.63) is 77.5 Å². The Morgan fingerprint density at radius 1 is 1.16 bits per heavy atom. The van der Waals surface area contributed by atoms with Gasteiger partial charge in [0.05, 0.1) is 29.0 Å². The fourth-order valence-corrected chi connectivity index (χ4v) is 4.31. The Hall–Kier alpha value is -4.77. The number of carbonyl (C=O) groups excluding carboxylic acids is 2. The number of H-pyrrole nitrogens is 1. The Morgan fingerprint density at radius 2 is 2.00 bits per heavy atom. The number of nitrogens with zero attached hydrogens (tertiary/aromatic N) is 5. The smallest absolute Gasteiger partial charge is 0.248 e. The summed E-state index contributed by atoms with van der Waals surface area (Å²) in [5.74, 6) is 0.221. The highest BCUT2D eigenvalue weighted by molar-refractivity contribution is 6.30. The summed E-state index contributed by atoms with van der Waals surface area (Å²) in [4.78, 5) is 33.5. The molecule has 0 unspecified atom stereocenters. The van der Waals surface area contributed by atoms with Gasteiger partial charge in [-0.25, -0.2) is 4.98 Å². The Labute approximate surface area is 222 Å². The predicted molar refractivity (Wildman–Crippen MR) is 146 cm³/mol. The molecule has 12 heteroatoms. The number of carbonyl (C=O) groups is 2. The zero-order valence-electron chi connectivity index (χ0n) is 20.2. The number of tetrazole rings is 1. The molecule has 192 valence electrons. The summed E-state index contributed by atoms with van der Waals surface area (Å²) in [6, 6.07) is 8.47. The monoisotopic (exact) mass is 529 g/mol. The van der Waals surface area contributed by atoms with Crippen molar-refractivity contribution >= 4 is 46.6 Å². The highest BCUT2D eigenvalue weighted by Gasteiger charge is 2.18. The minimum atomic E-state index is -0.418. The number of nitrogens with one attached hydrogen (secondary N) is 3. The van der Waals surface area contributed by atoms with Crippen molar-refractivity contribution in [1.29, 1.82) is 0 Å². The zero-order chi connectivity index (χ0) is 26.5. The van der Waals surface area contributed by atoms with Crippen LogP contribution < -0.4 is 16.4 Å². The molecule has 11 nitrogen and oxygen atoms in total. The first kappa shape index (κ1) is 24.9. The van der Waals surface area contributed by atoms with Gasteiger partial charge < -0.3 is 21.4 Å². The normalized spacial score (nSPS) is 13.8. The fourth-order valence-electron chi connectivity index (χ4n) is 4.13. The maximum Gasteiger partial charge on any atom is 0.248 e. The number of benzene rings is 2. The molecule has 2 bridgehead atoms. The van der Waals surface area contributed by atoms with Crippen LogP contribution in [0.25, 0.3) is 23.0 Å². The van der Waals surface area contributed by atoms with Gasteiger partial charge in [-0.15, -0.1) is 5.10 Å². The average Bonchev–Trinajstić information content (AvgIpc) is 3.57. The van der Waals surface area contributed by atoms with E-state index >= 15 is 0 Å². The first-order valence-corrected chi connectivity index (χ1v) is 12.3. The SMILES string of the molecule is Nc1cc(NC(=O)C=Cc2cc(Cl)ccc2-n2cnnn2)c2c(c1)NC(=O)CCC=CCCc1ncc-2[nH]1. The Morgan fingerprint density at radius 3 is 2.82 bits per heavy atom. The summed E-state index contributed by atoms with van der Waals surface area (Å²) in [5, 5.41) is 17.5. The standard InChI is InChI=1S/C26H24ClN9O2/c27-17-8-9-22(36-15-30-34-35-36)16(11-17)7-10-25(38)33-20-13-18(28)12-19-26(20)21-14-29-23(31-21)5-3-1-2-4-6-24(37)32-19/h1-2,7-15H,3-6,28H2,(H,29,31)(H,32,37)(H,33,38). The van der Waals surface area contributed by atoms with E-state index in [1.165, 1.54) is 17.1 Å². The Bertz CT molecular complexity index is 1540. The molecule has 5 rings (SSSR count). The lowest BCUT2D eigenvalue weighted by atomic mass is 10.1. The van der Waals surface area contributed by atoms with E-state index in [-0.39, 0.29) is 5.91 Å². The van der Waals surface area contributed by atoms with Crippen LogP contribution in [0.1, 0.15) is 30.7 Å². The summed E-state index contributed by atoms with van der Waals surface area (Å²) < 4.78 is 1.47. The minimum absolute atomic E-state index is 0.159. The molecule has 2 aromatic carbocycles. The van der Waals surface area contributed by atoms with Crippen molar-refractivity contribution in [3.8, 4) is 16.9 Å². The number of nitrogens with two attached hydrogens (primary N) is 1. The van der Waals surface area contributed by atoms with Gasteiger partial charge >= 0.3 is 0 Å². The number of imidazole rings is 1. The van der Waals surface area contributed by atoms with Crippen molar-refractivity contribution < 1.29 is 9.59 Å². The van der Waals surface area contributed by atoms with Crippen LogP contribution in [-0.4, -0.2) is 42.0 Å². The number of fused-ring (bicyclic) bond motifs is 4. The molecular weight excluding hydrogens is 506 g/mol. The number of amides is 2. The Kier molecular flexibility index (Phi) is 7.27. The molecule has 0 fully saturated rings. The largest absolute Gasteiger partial charge is 0.399 e. The lowest BCUT2D eigenvalue weighted by Crippen LogP contribution is -2.14. The molecule has 0 radical (unpaired) electrons. The second-order valence-electron chi connectivity index (χ2n) is 8.61. The summed E-state index contributed by atoms with van der Waals surface area (Å²) in [7, 11) is 0. The first-order chi connectivity index (χ1) is 18.5. The molecule has 0 atom stereocenters. The number of aryl methyl sites for hydroxylation is 1. The van der Waals surface area contributed by atoms with Crippen LogP contribution in [0.3, 0.4) is 0 Å². The average molecular weight is 530 g/mol. The lowest BCUT2D eigenvalue weighted by Gasteiger charge is -2.16. The number of halogens is 1. The van der Waals surface area contributed by atoms with Crippen molar-refractivity contribution in [1.82, 2.24) is 30.2 Å². The third-order valence-electron chi connectivity index (χ3n) is 5.84. The number of hydrogen-bond donors (Lipinski definition) is 4. The number of nitrogen functional groups attached to an aromatic ring is 1. The van der Waals surface area contributed by atoms with Crippen LogP contribution in [0.5, 0.6) is 0 Å². The number of anilines is 3. The molecule has 2 amide bonds. The molecule has 0 spiro atoms. The second-order valence-corrected chi connectivity index (χ2v) is 9.05. The molecule has 38 heavy (non-hydrogen) atoms. The summed E-state index contributed by atoms with van der Waals surface area (Å²) in [6.45, 7) is 0. The van der Waals surface area contributed by atoms with Crippen LogP contribution in [-0.2, 0) is 16.0 Å². The summed E-state index contributed by atoms with van der Waals surface area (Å²) in [6.07, 6.45) is 12.6. The number of rotatable bonds is 4. The van der Waals surface area contributed by atoms with Crippen LogP contribution in [0.4, 0.5) is 17.1 Å². The highest BCUT2D eigenvalue weighted by Crippen LogP contribution is 2.37. The molecule has 0 saturated heterocycles. The van der Waals surface area contributed by atoms with Crippen LogP contribution in [0.15, 0.2) is 61.1 Å². The summed E-state index contributed by atoms with van der Waals surface area (Å²) >= 11 is 6.18. The van der Waals surface area contributed by atoms with E-state index in [0.29, 0.717) is 57.4 Å². The van der Waals surface area contributed by atoms with E-state index in [1.54, 1.807) is 42.6 Å². The van der Waals surface area contributed by atoms with Gasteiger partial charge in [0.15, 0.2) is 0 Å². The molecule has 4 aromatic rings. The number of hydrogen-bond acceptors (Lipinski definition) is 7. The van der Waals surface area contributed by atoms with Crippen molar-refractivity contribution in [3.63, 3.8) is 0 Å². The molecule has 1 aliphatic heterocycles. The molecule has 1 aliphatic rings. The van der Waals surface area contributed by atoms with Gasteiger partial charge in [0, 0.05) is 40.8 Å². The van der Waals surface area contributed by atoms with Gasteiger partial charge in [-0.3, -0.25) is 9.59 Å². The third-order valence-corrected chi connectivity index (χ3v) is 6.08. The van der Waals surface area contributed by atoms with Crippen LogP contribution >= 0.6 is 11.6 Å². The molecule has 5 N–H and O–H groups in total. The van der Waals surface area contributed by atoms with Gasteiger partial charge in [-0.05, 0) is 59.7 Å². The molecule has 3 heterocycles. The van der Waals surface area contributed by atoms with Gasteiger partial charge in [0.1, 0.15) is 12.2 Å². The topological polar surface area (TPSA) is 156 Å². The first-order valence-electron chi connectivity index (χ1n) is 11.9. The maximum atomic E-state index is 13.1. The minimum Gasteiger partial charge on any atom is -0.399 e. The van der Waals surface area contributed by atoms with E-state index in [9.17, 15) is 9.59 Å². The van der Waals surface area contributed by atoms with Gasteiger partial charge in [-0.1, -0.05) is 23.8 Å². The zero-order valence-corrected chi connectivity index (χ0v) is 20.9. The van der Waals surface area contributed by atoms with Crippen molar-refractivity contribution in [2.75, 3.05) is 16.4 Å². The van der Waals surface area contributed by atoms with Crippen molar-refractivity contribution in [2.45, 2.75) is 25.7 Å². The van der Waals surface area contributed by atoms with E-state index < -0.39 is 5.91 Å². The predicted octanol–water partition coefficient (Wildman–Crippen LogP) is 4.16. The molecule has 0 saturated carbocycles. The van der Waals surface area contributed by atoms with Gasteiger partial charge in [-0.2, -0.15) is 4.68 Å². The number of aromatic amines is 1. The van der Waals surface area contributed by atoms with Gasteiger partial charge in [0.2, 0.25) is 11.8 Å². The Balaban J connectivity index is 1.48. The van der Waals surface area contributed by atoms with Crippen LogP contribution in [0.2, 0.25) is 5.02 Å². The number of aromatic nitrogens is 6. The summed E-state index contributed by atoms with van der Waals surface area (Å²) in [5.41, 5.74) is 9.95. The number of allylic oxidation sites excluding steroid dienone is 2. The second kappa shape index (κ2) is 11.1. The van der Waals surface area contributed by atoms with E-state index in [0.717, 1.165) is 18.7 Å². The quantitative estimate of drug-likeness (QED) is 0.175. The highest BCUT2D eigenvalue weighted by atomic mass is 35.5.